The first-order valence-corrected chi connectivity index (χ1v) is 11.6. The molecule has 0 saturated heterocycles. The molecule has 1 N–H and O–H groups in total. The SMILES string of the molecule is Cn1cc(C(O)(c2ccc3c(cnn3S(=O)(=O)c3ccccc3)c2)C(F)(F)F)c2ccccc21. The number of alkyl halides is 3. The highest BCUT2D eigenvalue weighted by atomic mass is 32.2. The summed E-state index contributed by atoms with van der Waals surface area (Å²) in [6.45, 7) is 0. The topological polar surface area (TPSA) is 77.1 Å². The number of halogens is 3. The Balaban J connectivity index is 1.71. The summed E-state index contributed by atoms with van der Waals surface area (Å²) in [4.78, 5) is -0.00775. The predicted molar refractivity (Wildman–Crippen MR) is 121 cm³/mol. The smallest absolute Gasteiger partial charge is 0.372 e. The Hall–Kier alpha value is -3.63. The number of aryl methyl sites for hydroxylation is 1. The van der Waals surface area contributed by atoms with Crippen molar-refractivity contribution < 1.29 is 26.7 Å². The average Bonchev–Trinajstić information content (AvgIpc) is 3.40. The first kappa shape index (κ1) is 22.2. The van der Waals surface area contributed by atoms with Crippen LogP contribution in [0.15, 0.2) is 90.1 Å². The van der Waals surface area contributed by atoms with Gasteiger partial charge in [-0.05, 0) is 35.9 Å². The van der Waals surface area contributed by atoms with Crippen molar-refractivity contribution in [1.82, 2.24) is 13.8 Å². The Morgan fingerprint density at radius 1 is 0.912 bits per heavy atom. The minimum Gasteiger partial charge on any atom is -0.372 e. The van der Waals surface area contributed by atoms with Crippen molar-refractivity contribution in [2.75, 3.05) is 0 Å². The van der Waals surface area contributed by atoms with Crippen molar-refractivity contribution in [3.05, 3.63) is 96.3 Å². The van der Waals surface area contributed by atoms with Crippen LogP contribution in [-0.4, -0.2) is 33.5 Å². The molecule has 6 nitrogen and oxygen atoms in total. The van der Waals surface area contributed by atoms with E-state index >= 15 is 0 Å². The fourth-order valence-electron chi connectivity index (χ4n) is 4.22. The number of hydrogen-bond donors (Lipinski definition) is 1. The third-order valence-corrected chi connectivity index (χ3v) is 7.53. The lowest BCUT2D eigenvalue weighted by molar-refractivity contribution is -0.247. The molecular formula is C24H18F3N3O3S. The Kier molecular flexibility index (Phi) is 4.85. The van der Waals surface area contributed by atoms with Gasteiger partial charge < -0.3 is 9.67 Å². The first-order chi connectivity index (χ1) is 16.0. The Labute approximate surface area is 192 Å². The highest BCUT2D eigenvalue weighted by molar-refractivity contribution is 7.90. The molecule has 0 saturated carbocycles. The molecule has 0 aliphatic carbocycles. The summed E-state index contributed by atoms with van der Waals surface area (Å²) >= 11 is 0. The number of hydrogen-bond acceptors (Lipinski definition) is 4. The van der Waals surface area contributed by atoms with Gasteiger partial charge >= 0.3 is 6.18 Å². The van der Waals surface area contributed by atoms with Gasteiger partial charge in [-0.15, -0.1) is 0 Å². The molecule has 0 radical (unpaired) electrons. The molecule has 34 heavy (non-hydrogen) atoms. The number of benzene rings is 3. The van der Waals surface area contributed by atoms with E-state index < -0.39 is 27.4 Å². The van der Waals surface area contributed by atoms with Crippen LogP contribution < -0.4 is 0 Å². The summed E-state index contributed by atoms with van der Waals surface area (Å²) in [5.41, 5.74) is -3.47. The zero-order chi connectivity index (χ0) is 24.3. The molecule has 0 spiro atoms. The fourth-order valence-corrected chi connectivity index (χ4v) is 5.52. The molecule has 5 aromatic rings. The standard InChI is InChI=1S/C24H18F3N3O3S/c1-29-15-20(19-9-5-6-10-22(19)29)23(31,24(25,26)27)17-11-12-21-16(13-17)14-28-30(21)34(32,33)18-7-3-2-4-8-18/h2-15,31H,1H3. The molecule has 3 aromatic carbocycles. The van der Waals surface area contributed by atoms with Crippen LogP contribution in [0.5, 0.6) is 0 Å². The van der Waals surface area contributed by atoms with Crippen LogP contribution in [0.25, 0.3) is 21.8 Å². The molecule has 1 atom stereocenters. The van der Waals surface area contributed by atoms with Crippen molar-refractivity contribution in [2.45, 2.75) is 16.7 Å². The van der Waals surface area contributed by atoms with Crippen LogP contribution in [0.2, 0.25) is 0 Å². The van der Waals surface area contributed by atoms with Gasteiger partial charge in [-0.2, -0.15) is 30.8 Å². The molecular weight excluding hydrogens is 467 g/mol. The molecule has 0 fully saturated rings. The lowest BCUT2D eigenvalue weighted by Gasteiger charge is -2.31. The molecule has 174 valence electrons. The molecule has 2 aromatic heterocycles. The predicted octanol–water partition coefficient (Wildman–Crippen LogP) is 4.56. The normalized spacial score (nSPS) is 14.5. The van der Waals surface area contributed by atoms with Crippen LogP contribution in [0.4, 0.5) is 13.2 Å². The van der Waals surface area contributed by atoms with E-state index in [-0.39, 0.29) is 26.7 Å². The third kappa shape index (κ3) is 3.13. The summed E-state index contributed by atoms with van der Waals surface area (Å²) in [5, 5.41) is 15.5. The second kappa shape index (κ2) is 7.44. The molecule has 2 heterocycles. The molecule has 0 aliphatic heterocycles. The second-order valence-corrected chi connectivity index (χ2v) is 9.73. The van der Waals surface area contributed by atoms with Gasteiger partial charge in [0.25, 0.3) is 10.0 Å². The van der Waals surface area contributed by atoms with Gasteiger partial charge in [0.1, 0.15) is 0 Å². The number of para-hydroxylation sites is 1. The van der Waals surface area contributed by atoms with Crippen LogP contribution in [0, 0.1) is 0 Å². The largest absolute Gasteiger partial charge is 0.425 e. The maximum absolute atomic E-state index is 14.5. The van der Waals surface area contributed by atoms with Gasteiger partial charge in [0.05, 0.1) is 16.6 Å². The van der Waals surface area contributed by atoms with E-state index in [0.29, 0.717) is 5.52 Å². The lowest BCUT2D eigenvalue weighted by atomic mass is 9.85. The molecule has 0 aliphatic rings. The lowest BCUT2D eigenvalue weighted by Crippen LogP contribution is -2.43. The second-order valence-electron chi connectivity index (χ2n) is 7.96. The van der Waals surface area contributed by atoms with E-state index in [4.69, 9.17) is 0 Å². The fraction of sp³-hybridized carbons (Fsp3) is 0.125. The summed E-state index contributed by atoms with van der Waals surface area (Å²) in [6, 6.07) is 17.5. The number of nitrogens with zero attached hydrogens (tertiary/aromatic N) is 3. The number of fused-ring (bicyclic) bond motifs is 2. The van der Waals surface area contributed by atoms with Gasteiger partial charge in [0.15, 0.2) is 0 Å². The quantitative estimate of drug-likeness (QED) is 0.405. The van der Waals surface area contributed by atoms with Crippen LogP contribution in [0.1, 0.15) is 11.1 Å². The Bertz CT molecular complexity index is 1640. The van der Waals surface area contributed by atoms with Crippen LogP contribution in [-0.2, 0) is 22.7 Å². The molecule has 1 unspecified atom stereocenters. The monoisotopic (exact) mass is 485 g/mol. The Morgan fingerprint density at radius 2 is 1.59 bits per heavy atom. The summed E-state index contributed by atoms with van der Waals surface area (Å²) < 4.78 is 71.6. The molecule has 0 amide bonds. The van der Waals surface area contributed by atoms with Crippen molar-refractivity contribution in [3.8, 4) is 0 Å². The van der Waals surface area contributed by atoms with Crippen molar-refractivity contribution in [1.29, 1.82) is 0 Å². The number of rotatable bonds is 4. The van der Waals surface area contributed by atoms with Crippen molar-refractivity contribution in [3.63, 3.8) is 0 Å². The van der Waals surface area contributed by atoms with E-state index in [0.717, 1.165) is 16.2 Å². The van der Waals surface area contributed by atoms with Crippen molar-refractivity contribution >= 4 is 31.8 Å². The Morgan fingerprint density at radius 3 is 2.29 bits per heavy atom. The average molecular weight is 485 g/mol. The maximum atomic E-state index is 14.5. The molecule has 10 heteroatoms. The van der Waals surface area contributed by atoms with Crippen molar-refractivity contribution in [2.24, 2.45) is 7.05 Å². The minimum absolute atomic E-state index is 0.00775. The summed E-state index contributed by atoms with van der Waals surface area (Å²) in [5.74, 6) is 0. The minimum atomic E-state index is -5.06. The van der Waals surface area contributed by atoms with E-state index in [1.165, 1.54) is 41.2 Å². The van der Waals surface area contributed by atoms with Gasteiger partial charge in [-0.25, -0.2) is 0 Å². The van der Waals surface area contributed by atoms with E-state index in [9.17, 15) is 26.7 Å². The van der Waals surface area contributed by atoms with E-state index in [2.05, 4.69) is 5.10 Å². The number of aliphatic hydroxyl groups is 1. The van der Waals surface area contributed by atoms with Gasteiger partial charge in [-0.1, -0.05) is 42.5 Å². The van der Waals surface area contributed by atoms with Crippen LogP contribution in [0.3, 0.4) is 0 Å². The first-order valence-electron chi connectivity index (χ1n) is 10.2. The molecule has 5 rings (SSSR count). The van der Waals surface area contributed by atoms with Crippen LogP contribution >= 0.6 is 0 Å². The van der Waals surface area contributed by atoms with E-state index in [1.54, 1.807) is 43.4 Å². The molecule has 0 bridgehead atoms. The van der Waals surface area contributed by atoms with Gasteiger partial charge in [-0.3, -0.25) is 0 Å². The summed E-state index contributed by atoms with van der Waals surface area (Å²) in [6.07, 6.45) is -2.64. The zero-order valence-corrected chi connectivity index (χ0v) is 18.5. The number of aromatic nitrogens is 3. The van der Waals surface area contributed by atoms with E-state index in [1.807, 2.05) is 0 Å². The van der Waals surface area contributed by atoms with Gasteiger partial charge in [0.2, 0.25) is 5.60 Å². The maximum Gasteiger partial charge on any atom is 0.425 e. The highest BCUT2D eigenvalue weighted by Crippen LogP contribution is 2.47. The zero-order valence-electron chi connectivity index (χ0n) is 17.7. The highest BCUT2D eigenvalue weighted by Gasteiger charge is 2.57. The van der Waals surface area contributed by atoms with Gasteiger partial charge in [0, 0.05) is 35.1 Å². The summed E-state index contributed by atoms with van der Waals surface area (Å²) in [7, 11) is -2.46. The third-order valence-electron chi connectivity index (χ3n) is 5.92.